The van der Waals surface area contributed by atoms with Crippen molar-refractivity contribution in [2.24, 2.45) is 0 Å². The number of carbonyl (C=O) groups is 1. The molecule has 106 valence electrons. The summed E-state index contributed by atoms with van der Waals surface area (Å²) in [7, 11) is 0. The van der Waals surface area contributed by atoms with E-state index in [1.165, 1.54) is 0 Å². The lowest BCUT2D eigenvalue weighted by Crippen LogP contribution is -2.16. The van der Waals surface area contributed by atoms with Gasteiger partial charge >= 0.3 is 0 Å². The van der Waals surface area contributed by atoms with Crippen molar-refractivity contribution in [3.63, 3.8) is 0 Å². The molecule has 1 aromatic rings. The summed E-state index contributed by atoms with van der Waals surface area (Å²) in [5.41, 5.74) is 6.93. The first kappa shape index (κ1) is 15.5. The van der Waals surface area contributed by atoms with Crippen molar-refractivity contribution in [1.82, 2.24) is 0 Å². The number of nitrogen functional groups attached to an aromatic ring is 1. The van der Waals surface area contributed by atoms with Crippen LogP contribution in [0, 0.1) is 0 Å². The van der Waals surface area contributed by atoms with Crippen LogP contribution in [0.25, 0.3) is 0 Å². The molecule has 5 heteroatoms. The largest absolute Gasteiger partial charge is 0.397 e. The van der Waals surface area contributed by atoms with Crippen LogP contribution in [0.5, 0.6) is 0 Å². The van der Waals surface area contributed by atoms with E-state index in [4.69, 9.17) is 15.2 Å². The molecule has 0 heterocycles. The number of hydrogen-bond donors (Lipinski definition) is 2. The predicted octanol–water partition coefficient (Wildman–Crippen LogP) is 2.04. The quantitative estimate of drug-likeness (QED) is 0.530. The third kappa shape index (κ3) is 6.79. The molecular formula is C14H22N2O3. The lowest BCUT2D eigenvalue weighted by atomic mass is 10.2. The molecule has 0 aromatic heterocycles. The normalized spacial score (nSPS) is 10.4. The molecule has 1 aromatic carbocycles. The van der Waals surface area contributed by atoms with Gasteiger partial charge in [0.1, 0.15) is 0 Å². The first-order chi connectivity index (χ1) is 9.24. The zero-order chi connectivity index (χ0) is 13.9. The van der Waals surface area contributed by atoms with Gasteiger partial charge in [-0.1, -0.05) is 19.1 Å². The van der Waals surface area contributed by atoms with Crippen LogP contribution < -0.4 is 11.1 Å². The second-order valence-corrected chi connectivity index (χ2v) is 4.11. The second kappa shape index (κ2) is 9.35. The molecule has 5 nitrogen and oxygen atoms in total. The van der Waals surface area contributed by atoms with E-state index >= 15 is 0 Å². The highest BCUT2D eigenvalue weighted by Gasteiger charge is 2.04. The minimum Gasteiger partial charge on any atom is -0.397 e. The lowest BCUT2D eigenvalue weighted by molar-refractivity contribution is -0.117. The van der Waals surface area contributed by atoms with Crippen molar-refractivity contribution in [3.8, 4) is 0 Å². The highest BCUT2D eigenvalue weighted by molar-refractivity contribution is 5.93. The van der Waals surface area contributed by atoms with Crippen molar-refractivity contribution in [1.29, 1.82) is 0 Å². The maximum absolute atomic E-state index is 11.6. The number of hydrogen-bond acceptors (Lipinski definition) is 4. The van der Waals surface area contributed by atoms with Crippen LogP contribution >= 0.6 is 0 Å². The molecule has 1 rings (SSSR count). The molecule has 19 heavy (non-hydrogen) atoms. The Morgan fingerprint density at radius 2 is 1.84 bits per heavy atom. The zero-order valence-corrected chi connectivity index (χ0v) is 11.4. The van der Waals surface area contributed by atoms with Gasteiger partial charge in [0.2, 0.25) is 5.91 Å². The van der Waals surface area contributed by atoms with Crippen LogP contribution in [0.4, 0.5) is 11.4 Å². The van der Waals surface area contributed by atoms with Crippen molar-refractivity contribution in [3.05, 3.63) is 24.3 Å². The van der Waals surface area contributed by atoms with Gasteiger partial charge < -0.3 is 20.5 Å². The number of rotatable bonds is 9. The van der Waals surface area contributed by atoms with Crippen molar-refractivity contribution >= 4 is 17.3 Å². The average molecular weight is 266 g/mol. The van der Waals surface area contributed by atoms with E-state index in [1.54, 1.807) is 12.1 Å². The molecular weight excluding hydrogens is 244 g/mol. The van der Waals surface area contributed by atoms with Gasteiger partial charge in [0.25, 0.3) is 0 Å². The Balaban J connectivity index is 2.10. The lowest BCUT2D eigenvalue weighted by Gasteiger charge is -2.08. The van der Waals surface area contributed by atoms with Gasteiger partial charge in [-0.05, 0) is 18.6 Å². The Labute approximate surface area is 114 Å². The first-order valence-corrected chi connectivity index (χ1v) is 6.54. The van der Waals surface area contributed by atoms with E-state index in [1.807, 2.05) is 12.1 Å². The SMILES string of the molecule is CCCOCCOCCC(=O)Nc1ccccc1N. The fraction of sp³-hybridized carbons (Fsp3) is 0.500. The summed E-state index contributed by atoms with van der Waals surface area (Å²) in [5, 5.41) is 2.75. The predicted molar refractivity (Wildman–Crippen MR) is 76.0 cm³/mol. The summed E-state index contributed by atoms with van der Waals surface area (Å²) in [4.78, 5) is 11.6. The molecule has 0 atom stereocenters. The molecule has 0 aliphatic rings. The van der Waals surface area contributed by atoms with E-state index in [2.05, 4.69) is 12.2 Å². The molecule has 0 saturated carbocycles. The molecule has 0 aliphatic heterocycles. The topological polar surface area (TPSA) is 73.6 Å². The van der Waals surface area contributed by atoms with E-state index in [0.717, 1.165) is 13.0 Å². The maximum atomic E-state index is 11.6. The highest BCUT2D eigenvalue weighted by atomic mass is 16.5. The number of nitrogens with one attached hydrogen (secondary N) is 1. The van der Waals surface area contributed by atoms with Crippen LogP contribution in [0.15, 0.2) is 24.3 Å². The number of nitrogens with two attached hydrogens (primary N) is 1. The Hall–Kier alpha value is -1.59. The van der Waals surface area contributed by atoms with Crippen LogP contribution in [0.1, 0.15) is 19.8 Å². The third-order valence-electron chi connectivity index (χ3n) is 2.43. The average Bonchev–Trinajstić information content (AvgIpc) is 2.40. The third-order valence-corrected chi connectivity index (χ3v) is 2.43. The van der Waals surface area contributed by atoms with Gasteiger partial charge in [-0.15, -0.1) is 0 Å². The molecule has 0 radical (unpaired) electrons. The second-order valence-electron chi connectivity index (χ2n) is 4.11. The van der Waals surface area contributed by atoms with Crippen LogP contribution in [-0.2, 0) is 14.3 Å². The van der Waals surface area contributed by atoms with Crippen molar-refractivity contribution in [2.75, 3.05) is 37.5 Å². The number of carbonyl (C=O) groups excluding carboxylic acids is 1. The molecule has 0 bridgehead atoms. The summed E-state index contributed by atoms with van der Waals surface area (Å²) in [6.45, 7) is 4.27. The molecule has 0 spiro atoms. The fourth-order valence-electron chi connectivity index (χ4n) is 1.45. The molecule has 1 amide bonds. The Bertz CT molecular complexity index is 383. The summed E-state index contributed by atoms with van der Waals surface area (Å²) in [5.74, 6) is -0.104. The summed E-state index contributed by atoms with van der Waals surface area (Å²) < 4.78 is 10.6. The van der Waals surface area contributed by atoms with Crippen molar-refractivity contribution < 1.29 is 14.3 Å². The summed E-state index contributed by atoms with van der Waals surface area (Å²) in [6, 6.07) is 7.17. The Morgan fingerprint density at radius 1 is 1.16 bits per heavy atom. The summed E-state index contributed by atoms with van der Waals surface area (Å²) >= 11 is 0. The van der Waals surface area contributed by atoms with E-state index in [-0.39, 0.29) is 5.91 Å². The standard InChI is InChI=1S/C14H22N2O3/c1-2-8-18-10-11-19-9-7-14(17)16-13-6-4-3-5-12(13)15/h3-6H,2,7-11,15H2,1H3,(H,16,17). The van der Waals surface area contributed by atoms with Gasteiger partial charge in [-0.3, -0.25) is 4.79 Å². The molecule has 0 aliphatic carbocycles. The minimum atomic E-state index is -0.104. The number of amides is 1. The smallest absolute Gasteiger partial charge is 0.226 e. The molecule has 0 unspecified atom stereocenters. The number of benzene rings is 1. The monoisotopic (exact) mass is 266 g/mol. The van der Waals surface area contributed by atoms with Gasteiger partial charge in [0.15, 0.2) is 0 Å². The molecule has 0 fully saturated rings. The fourth-order valence-corrected chi connectivity index (χ4v) is 1.45. The minimum absolute atomic E-state index is 0.104. The van der Waals surface area contributed by atoms with E-state index in [0.29, 0.717) is 37.6 Å². The first-order valence-electron chi connectivity index (χ1n) is 6.54. The zero-order valence-electron chi connectivity index (χ0n) is 11.4. The van der Waals surface area contributed by atoms with Gasteiger partial charge in [-0.2, -0.15) is 0 Å². The van der Waals surface area contributed by atoms with Crippen LogP contribution in [0.2, 0.25) is 0 Å². The Morgan fingerprint density at radius 3 is 2.53 bits per heavy atom. The van der Waals surface area contributed by atoms with Gasteiger partial charge in [-0.25, -0.2) is 0 Å². The van der Waals surface area contributed by atoms with Crippen LogP contribution in [0.3, 0.4) is 0 Å². The molecule has 3 N–H and O–H groups in total. The highest BCUT2D eigenvalue weighted by Crippen LogP contribution is 2.16. The van der Waals surface area contributed by atoms with Gasteiger partial charge in [0, 0.05) is 6.61 Å². The number of anilines is 2. The van der Waals surface area contributed by atoms with Gasteiger partial charge in [0.05, 0.1) is 37.6 Å². The Kier molecular flexibility index (Phi) is 7.62. The van der Waals surface area contributed by atoms with E-state index in [9.17, 15) is 4.79 Å². The maximum Gasteiger partial charge on any atom is 0.226 e. The summed E-state index contributed by atoms with van der Waals surface area (Å²) in [6.07, 6.45) is 1.31. The van der Waals surface area contributed by atoms with Crippen LogP contribution in [-0.4, -0.2) is 32.3 Å². The van der Waals surface area contributed by atoms with E-state index < -0.39 is 0 Å². The molecule has 0 saturated heterocycles. The van der Waals surface area contributed by atoms with Crippen molar-refractivity contribution in [2.45, 2.75) is 19.8 Å². The number of para-hydroxylation sites is 2. The number of ether oxygens (including phenoxy) is 2.